The number of rotatable bonds is 6. The van der Waals surface area contributed by atoms with Crippen LogP contribution in [0.1, 0.15) is 19.8 Å². The normalized spacial score (nSPS) is 12.8. The molecule has 0 saturated carbocycles. The van der Waals surface area contributed by atoms with Crippen molar-refractivity contribution in [2.24, 2.45) is 16.5 Å². The molecule has 0 amide bonds. The van der Waals surface area contributed by atoms with Gasteiger partial charge in [0.15, 0.2) is 0 Å². The lowest BCUT2D eigenvalue weighted by atomic mass is 10.2. The maximum Gasteiger partial charge on any atom is 0.324 e. The van der Waals surface area contributed by atoms with Crippen LogP contribution in [0.5, 0.6) is 0 Å². The van der Waals surface area contributed by atoms with E-state index in [1.165, 1.54) is 6.08 Å². The third kappa shape index (κ3) is 13.2. The second-order valence-corrected chi connectivity index (χ2v) is 2.96. The number of nitrogens with zero attached hydrogens (tertiary/aromatic N) is 1. The second kappa shape index (κ2) is 12.3. The van der Waals surface area contributed by atoms with Crippen LogP contribution in [0, 0.1) is 0 Å². The molecule has 0 saturated heterocycles. The summed E-state index contributed by atoms with van der Waals surface area (Å²) in [6, 6.07) is -0.908. The molecule has 0 spiro atoms. The molecular weight excluding hydrogens is 253 g/mol. The number of hydrogen-bond donors (Lipinski definition) is 3. The Morgan fingerprint density at radius 2 is 2.06 bits per heavy atom. The van der Waals surface area contributed by atoms with Gasteiger partial charge in [0.25, 0.3) is 0 Å². The summed E-state index contributed by atoms with van der Waals surface area (Å²) in [4.78, 5) is 14.3. The minimum atomic E-state index is -1.02. The van der Waals surface area contributed by atoms with Gasteiger partial charge in [-0.1, -0.05) is 12.2 Å². The van der Waals surface area contributed by atoms with E-state index < -0.39 is 12.0 Å². The molecule has 0 rings (SSSR count). The van der Waals surface area contributed by atoms with Gasteiger partial charge in [-0.25, -0.2) is 0 Å². The monoisotopic (exact) mass is 271 g/mol. The highest BCUT2D eigenvalue weighted by Gasteiger charge is 2.04. The highest BCUT2D eigenvalue weighted by atomic mass is 35.5. The molecule has 0 aliphatic carbocycles. The first-order valence-corrected chi connectivity index (χ1v) is 4.45. The first-order valence-electron chi connectivity index (χ1n) is 4.45. The summed E-state index contributed by atoms with van der Waals surface area (Å²) < 4.78 is 0. The van der Waals surface area contributed by atoms with Crippen molar-refractivity contribution >= 4 is 36.6 Å². The number of carboxylic acids is 1. The lowest BCUT2D eigenvalue weighted by Gasteiger charge is -1.97. The van der Waals surface area contributed by atoms with Crippen LogP contribution in [-0.4, -0.2) is 29.5 Å². The number of amidine groups is 1. The molecule has 0 aromatic heterocycles. The molecule has 0 heterocycles. The van der Waals surface area contributed by atoms with Crippen LogP contribution in [0.3, 0.4) is 0 Å². The number of unbranched alkanes of at least 4 members (excludes halogenated alkanes) is 1. The van der Waals surface area contributed by atoms with Gasteiger partial charge in [-0.2, -0.15) is 0 Å². The molecule has 0 radical (unpaired) electrons. The zero-order valence-electron chi connectivity index (χ0n) is 9.13. The van der Waals surface area contributed by atoms with E-state index in [1.807, 2.05) is 0 Å². The predicted octanol–water partition coefficient (Wildman–Crippen LogP) is 0.955. The summed E-state index contributed by atoms with van der Waals surface area (Å²) >= 11 is 0. The van der Waals surface area contributed by atoms with Crippen LogP contribution in [0.25, 0.3) is 0 Å². The van der Waals surface area contributed by atoms with Gasteiger partial charge in [0.1, 0.15) is 6.04 Å². The van der Waals surface area contributed by atoms with Crippen LogP contribution in [0.2, 0.25) is 0 Å². The Balaban J connectivity index is -0.000000845. The van der Waals surface area contributed by atoms with Crippen molar-refractivity contribution in [3.05, 3.63) is 12.2 Å². The van der Waals surface area contributed by atoms with Crippen LogP contribution < -0.4 is 11.5 Å². The minimum absolute atomic E-state index is 0. The molecule has 0 aromatic carbocycles. The number of halogens is 2. The smallest absolute Gasteiger partial charge is 0.324 e. The summed E-state index contributed by atoms with van der Waals surface area (Å²) in [6.07, 6.45) is 4.83. The second-order valence-electron chi connectivity index (χ2n) is 2.96. The fourth-order valence-electron chi connectivity index (χ4n) is 0.790. The van der Waals surface area contributed by atoms with Crippen molar-refractivity contribution in [1.82, 2.24) is 0 Å². The van der Waals surface area contributed by atoms with Crippen molar-refractivity contribution in [1.29, 1.82) is 0 Å². The van der Waals surface area contributed by atoms with E-state index in [0.717, 1.165) is 12.8 Å². The molecule has 1 atom stereocenters. The first kappa shape index (κ1) is 20.6. The third-order valence-corrected chi connectivity index (χ3v) is 1.52. The highest BCUT2D eigenvalue weighted by molar-refractivity contribution is 5.85. The predicted molar refractivity (Wildman–Crippen MR) is 70.6 cm³/mol. The number of hydrogen-bond acceptors (Lipinski definition) is 3. The first-order chi connectivity index (χ1) is 6.54. The van der Waals surface area contributed by atoms with Gasteiger partial charge in [-0.05, 0) is 19.8 Å². The number of aliphatic carboxylic acids is 1. The molecule has 7 heteroatoms. The summed E-state index contributed by atoms with van der Waals surface area (Å²) in [5.41, 5.74) is 10.6. The Bertz CT molecular complexity index is 241. The van der Waals surface area contributed by atoms with Gasteiger partial charge in [0, 0.05) is 6.54 Å². The lowest BCUT2D eigenvalue weighted by Crippen LogP contribution is -2.27. The van der Waals surface area contributed by atoms with Crippen molar-refractivity contribution in [3.63, 3.8) is 0 Å². The average molecular weight is 272 g/mol. The van der Waals surface area contributed by atoms with Crippen molar-refractivity contribution in [3.8, 4) is 0 Å². The Morgan fingerprint density at radius 3 is 2.50 bits per heavy atom. The zero-order valence-corrected chi connectivity index (χ0v) is 10.8. The van der Waals surface area contributed by atoms with E-state index in [-0.39, 0.29) is 24.8 Å². The van der Waals surface area contributed by atoms with Gasteiger partial charge in [0.05, 0.1) is 5.84 Å². The van der Waals surface area contributed by atoms with E-state index in [4.69, 9.17) is 16.6 Å². The number of carbonyl (C=O) groups is 1. The van der Waals surface area contributed by atoms with Gasteiger partial charge in [0.2, 0.25) is 0 Å². The fourth-order valence-corrected chi connectivity index (χ4v) is 0.790. The molecule has 5 N–H and O–H groups in total. The van der Waals surface area contributed by atoms with E-state index in [2.05, 4.69) is 4.99 Å². The van der Waals surface area contributed by atoms with Crippen molar-refractivity contribution < 1.29 is 9.90 Å². The van der Waals surface area contributed by atoms with E-state index in [9.17, 15) is 4.79 Å². The highest BCUT2D eigenvalue weighted by Crippen LogP contribution is 1.93. The van der Waals surface area contributed by atoms with Gasteiger partial charge in [-0.15, -0.1) is 24.8 Å². The molecule has 96 valence electrons. The largest absolute Gasteiger partial charge is 0.480 e. The number of aliphatic imine (C=N–C) groups is 1. The standard InChI is InChI=1S/C9H17N3O2.2ClH/c1-7(10)12-6-4-2-3-5-8(11)9(13)14;;/h3,5,8H,2,4,6,11H2,1H3,(H2,10,12)(H,13,14);2*1H/b5-3+;;/t8-;;/m0../s1. The molecule has 5 nitrogen and oxygen atoms in total. The summed E-state index contributed by atoms with van der Waals surface area (Å²) in [5.74, 6) is -0.451. The molecule has 16 heavy (non-hydrogen) atoms. The van der Waals surface area contributed by atoms with Gasteiger partial charge < -0.3 is 16.6 Å². The van der Waals surface area contributed by atoms with Gasteiger partial charge in [-0.3, -0.25) is 9.79 Å². The van der Waals surface area contributed by atoms with E-state index in [1.54, 1.807) is 13.0 Å². The topological polar surface area (TPSA) is 102 Å². The summed E-state index contributed by atoms with van der Waals surface area (Å²) in [6.45, 7) is 2.39. The molecule has 0 fully saturated rings. The molecule has 0 aliphatic rings. The van der Waals surface area contributed by atoms with Crippen LogP contribution in [0.15, 0.2) is 17.1 Å². The minimum Gasteiger partial charge on any atom is -0.480 e. The van der Waals surface area contributed by atoms with E-state index in [0.29, 0.717) is 12.4 Å². The Hall–Kier alpha value is -0.780. The molecule has 0 bridgehead atoms. The molecule has 0 unspecified atom stereocenters. The van der Waals surface area contributed by atoms with E-state index >= 15 is 0 Å². The number of carboxylic acid groups (broad SMARTS) is 1. The van der Waals surface area contributed by atoms with Crippen molar-refractivity contribution in [2.75, 3.05) is 6.54 Å². The molecular formula is C9H19Cl2N3O2. The Labute approximate surface area is 108 Å². The van der Waals surface area contributed by atoms with Gasteiger partial charge >= 0.3 is 5.97 Å². The molecule has 0 aromatic rings. The number of allylic oxidation sites excluding steroid dienone is 1. The maximum absolute atomic E-state index is 10.3. The average Bonchev–Trinajstić information content (AvgIpc) is 2.09. The maximum atomic E-state index is 10.3. The summed E-state index contributed by atoms with van der Waals surface area (Å²) in [7, 11) is 0. The van der Waals surface area contributed by atoms with Crippen molar-refractivity contribution in [2.45, 2.75) is 25.8 Å². The SMILES string of the molecule is CC(N)=NCCC/C=C/[C@H](N)C(=O)O.Cl.Cl. The summed E-state index contributed by atoms with van der Waals surface area (Å²) in [5, 5.41) is 8.44. The fraction of sp³-hybridized carbons (Fsp3) is 0.556. The number of nitrogens with two attached hydrogens (primary N) is 2. The third-order valence-electron chi connectivity index (χ3n) is 1.52. The molecule has 0 aliphatic heterocycles. The quantitative estimate of drug-likeness (QED) is 0.290. The van der Waals surface area contributed by atoms with Crippen LogP contribution in [-0.2, 0) is 4.79 Å². The van der Waals surface area contributed by atoms with Crippen LogP contribution >= 0.6 is 24.8 Å². The lowest BCUT2D eigenvalue weighted by molar-refractivity contribution is -0.137. The zero-order chi connectivity index (χ0) is 11.0. The Kier molecular flexibility index (Phi) is 15.8. The van der Waals surface area contributed by atoms with Crippen LogP contribution in [0.4, 0.5) is 0 Å². The Morgan fingerprint density at radius 1 is 1.50 bits per heavy atom.